The summed E-state index contributed by atoms with van der Waals surface area (Å²) in [4.78, 5) is 50.6. The lowest BCUT2D eigenvalue weighted by Crippen LogP contribution is -2.63. The lowest BCUT2D eigenvalue weighted by molar-refractivity contribution is -0.152. The molecule has 0 radical (unpaired) electrons. The molecule has 4 saturated carbocycles. The molecule has 12 heteroatoms. The fourth-order valence-corrected chi connectivity index (χ4v) is 11.4. The number of benzene rings is 2. The summed E-state index contributed by atoms with van der Waals surface area (Å²) in [5.74, 6) is -1.53. The number of carboxylic acids is 1. The molecule has 260 valence electrons. The maximum Gasteiger partial charge on any atom is 0.355 e. The lowest BCUT2D eigenvalue weighted by Gasteiger charge is -2.67. The first-order valence-electron chi connectivity index (χ1n) is 17.2. The Kier molecular flexibility index (Phi) is 7.53. The van der Waals surface area contributed by atoms with Crippen molar-refractivity contribution in [1.29, 1.82) is 5.41 Å². The van der Waals surface area contributed by atoms with Gasteiger partial charge >= 0.3 is 5.97 Å². The number of hydrogen-bond donors (Lipinski definition) is 5. The van der Waals surface area contributed by atoms with Crippen molar-refractivity contribution in [1.82, 2.24) is 20.3 Å². The Bertz CT molecular complexity index is 2270. The first-order chi connectivity index (χ1) is 24.3. The third-order valence-corrected chi connectivity index (χ3v) is 12.2. The minimum absolute atomic E-state index is 0.0703. The van der Waals surface area contributed by atoms with E-state index in [1.807, 2.05) is 43.3 Å². The topological polar surface area (TPSA) is 173 Å². The van der Waals surface area contributed by atoms with Crippen LogP contribution in [0.4, 0.5) is 5.13 Å². The fourth-order valence-electron chi connectivity index (χ4n) is 10.5. The number of allylic oxidation sites excluding steroid dienone is 2. The Morgan fingerprint density at radius 1 is 0.980 bits per heavy atom. The van der Waals surface area contributed by atoms with Crippen molar-refractivity contribution in [3.05, 3.63) is 88.1 Å². The molecule has 1 amide bonds. The number of aromatic nitrogens is 3. The number of H-pyrrole nitrogens is 1. The van der Waals surface area contributed by atoms with E-state index in [-0.39, 0.29) is 27.8 Å². The third kappa shape index (κ3) is 5.71. The van der Waals surface area contributed by atoms with E-state index >= 15 is 0 Å². The van der Waals surface area contributed by atoms with Crippen LogP contribution in [0.2, 0.25) is 0 Å². The zero-order valence-electron chi connectivity index (χ0n) is 28.7. The van der Waals surface area contributed by atoms with Gasteiger partial charge in [-0.15, -0.1) is 0 Å². The van der Waals surface area contributed by atoms with Crippen molar-refractivity contribution in [2.45, 2.75) is 64.8 Å². The number of aromatic amines is 1. The van der Waals surface area contributed by atoms with Gasteiger partial charge in [-0.05, 0) is 98.1 Å². The van der Waals surface area contributed by atoms with E-state index in [0.29, 0.717) is 51.0 Å². The number of aromatic carboxylic acids is 1. The Balaban J connectivity index is 1.07. The number of nitrogens with one attached hydrogen (secondary N) is 4. The number of pyridine rings is 1. The minimum Gasteiger partial charge on any atom is -0.476 e. The van der Waals surface area contributed by atoms with Gasteiger partial charge in [0.25, 0.3) is 5.91 Å². The maximum atomic E-state index is 13.4. The van der Waals surface area contributed by atoms with Gasteiger partial charge in [0.2, 0.25) is 0 Å². The molecule has 5 N–H and O–H groups in total. The summed E-state index contributed by atoms with van der Waals surface area (Å²) in [6.45, 7) is 7.07. The van der Waals surface area contributed by atoms with Gasteiger partial charge in [0.15, 0.2) is 10.8 Å². The van der Waals surface area contributed by atoms with Gasteiger partial charge in [-0.1, -0.05) is 54.6 Å². The van der Waals surface area contributed by atoms with Crippen LogP contribution < -0.4 is 10.6 Å². The number of amides is 1. The molecule has 4 aliphatic rings. The number of thiazole rings is 1. The van der Waals surface area contributed by atoms with Gasteiger partial charge in [0, 0.05) is 35.0 Å². The number of anilines is 1. The number of nitrogens with zero attached hydrogens (tertiary/aromatic N) is 3. The average Bonchev–Trinajstić information content (AvgIpc) is 3.70. The summed E-state index contributed by atoms with van der Waals surface area (Å²) in [6.07, 6.45) is 6.74. The number of nitroso groups, excluding NO2 is 1. The van der Waals surface area contributed by atoms with E-state index < -0.39 is 11.5 Å². The highest BCUT2D eigenvalue weighted by Crippen LogP contribution is 2.71. The number of fused-ring (bicyclic) bond motifs is 2. The second-order valence-corrected chi connectivity index (χ2v) is 16.9. The normalized spacial score (nSPS) is 27.0. The summed E-state index contributed by atoms with van der Waals surface area (Å²) in [5.41, 5.74) is 3.53. The van der Waals surface area contributed by atoms with E-state index in [2.05, 4.69) is 44.6 Å². The highest BCUT2D eigenvalue weighted by atomic mass is 32.1. The smallest absolute Gasteiger partial charge is 0.355 e. The van der Waals surface area contributed by atoms with Crippen molar-refractivity contribution < 1.29 is 14.7 Å². The molecule has 0 aliphatic heterocycles. The molecule has 0 spiro atoms. The molecule has 51 heavy (non-hydrogen) atoms. The average molecular weight is 702 g/mol. The summed E-state index contributed by atoms with van der Waals surface area (Å²) >= 11 is 1.40. The van der Waals surface area contributed by atoms with Crippen LogP contribution in [-0.2, 0) is 0 Å². The number of carbonyl (C=O) groups is 2. The highest BCUT2D eigenvalue weighted by Gasteiger charge is 2.66. The van der Waals surface area contributed by atoms with E-state index in [0.717, 1.165) is 54.1 Å². The van der Waals surface area contributed by atoms with E-state index in [9.17, 15) is 19.6 Å². The molecule has 4 bridgehead atoms. The molecule has 2 atom stereocenters. The minimum atomic E-state index is -1.22. The predicted molar refractivity (Wildman–Crippen MR) is 200 cm³/mol. The lowest BCUT2D eigenvalue weighted by atomic mass is 9.38. The van der Waals surface area contributed by atoms with Crippen molar-refractivity contribution >= 4 is 61.3 Å². The molecule has 2 aromatic carbocycles. The van der Waals surface area contributed by atoms with E-state index in [1.165, 1.54) is 17.6 Å². The molecule has 0 saturated heterocycles. The van der Waals surface area contributed by atoms with Gasteiger partial charge in [0.05, 0.1) is 32.7 Å². The molecule has 11 nitrogen and oxygen atoms in total. The summed E-state index contributed by atoms with van der Waals surface area (Å²) in [7, 11) is 0. The van der Waals surface area contributed by atoms with Gasteiger partial charge in [-0.2, -0.15) is 4.91 Å². The van der Waals surface area contributed by atoms with Crippen molar-refractivity contribution in [3.63, 3.8) is 0 Å². The number of carbonyl (C=O) groups excluding carboxylic acids is 1. The molecule has 4 aliphatic carbocycles. The monoisotopic (exact) mass is 701 g/mol. The molecule has 5 aromatic rings. The van der Waals surface area contributed by atoms with Gasteiger partial charge < -0.3 is 20.8 Å². The standard InChI is InChI=1S/C39H39N7O4S/c1-22(41-21-38-16-36(2)15-37(3,17-38)19-39(18-36,20-38)46-50)26(14-40)24-11-12-27(42-32(24)34(48)49)29-13-23-7-6-8-25(31(23)43-29)33(47)45-35-44-28-9-4-5-10-30(28)51-35/h4-14,40-41,43H,15-21H2,1-3H3,(H,48,49)(H,44,45,47)/b26-22+,40-14?. The first-order valence-corrected chi connectivity index (χ1v) is 18.0. The third-order valence-electron chi connectivity index (χ3n) is 11.2. The molecular weight excluding hydrogens is 663 g/mol. The fraction of sp³-hybridized carbons (Fsp3) is 0.359. The largest absolute Gasteiger partial charge is 0.476 e. The summed E-state index contributed by atoms with van der Waals surface area (Å²) in [5, 5.41) is 30.1. The zero-order valence-corrected chi connectivity index (χ0v) is 29.5. The van der Waals surface area contributed by atoms with Crippen molar-refractivity contribution in [2.75, 3.05) is 11.9 Å². The highest BCUT2D eigenvalue weighted by molar-refractivity contribution is 7.22. The Labute approximate surface area is 298 Å². The molecule has 2 unspecified atom stereocenters. The summed E-state index contributed by atoms with van der Waals surface area (Å²) < 4.78 is 0.973. The van der Waals surface area contributed by atoms with Crippen LogP contribution in [0.25, 0.3) is 38.1 Å². The Morgan fingerprint density at radius 2 is 1.75 bits per heavy atom. The number of para-hydroxylation sites is 2. The molecular formula is C39H39N7O4S. The van der Waals surface area contributed by atoms with Crippen molar-refractivity contribution in [3.8, 4) is 11.4 Å². The molecule has 9 rings (SSSR count). The Morgan fingerprint density at radius 3 is 2.45 bits per heavy atom. The second-order valence-electron chi connectivity index (χ2n) is 15.8. The van der Waals surface area contributed by atoms with Crippen molar-refractivity contribution in [2.24, 2.45) is 21.4 Å². The quantitative estimate of drug-likeness (QED) is 0.0716. The zero-order chi connectivity index (χ0) is 35.8. The second kappa shape index (κ2) is 11.7. The van der Waals surface area contributed by atoms with Crippen LogP contribution >= 0.6 is 11.3 Å². The van der Waals surface area contributed by atoms with Crippen LogP contribution in [0.3, 0.4) is 0 Å². The van der Waals surface area contributed by atoms with Crippen LogP contribution in [0.5, 0.6) is 0 Å². The Hall–Kier alpha value is -5.23. The maximum absolute atomic E-state index is 13.4. The molecule has 3 aromatic heterocycles. The van der Waals surface area contributed by atoms with Crippen LogP contribution in [-0.4, -0.2) is 50.2 Å². The van der Waals surface area contributed by atoms with Gasteiger partial charge in [-0.3, -0.25) is 10.1 Å². The SMILES string of the molecule is C/C(NCC12CC3(C)CC(C)(C1)CC(N=O)(C3)C2)=C(/C=N)c1ccc(-c2cc3cccc(C(=O)Nc4nc5ccccc5s4)c3[nH]2)nc1C(=O)O. The van der Waals surface area contributed by atoms with E-state index in [4.69, 9.17) is 5.41 Å². The van der Waals surface area contributed by atoms with Crippen LogP contribution in [0.1, 0.15) is 85.7 Å². The predicted octanol–water partition coefficient (Wildman–Crippen LogP) is 8.65. The van der Waals surface area contributed by atoms with Crippen LogP contribution in [0.15, 0.2) is 71.5 Å². The molecule has 3 heterocycles. The van der Waals surface area contributed by atoms with Gasteiger partial charge in [0.1, 0.15) is 5.54 Å². The number of hydrogen-bond acceptors (Lipinski definition) is 9. The first kappa shape index (κ1) is 32.9. The number of rotatable bonds is 10. The molecule has 4 fully saturated rings. The number of carboxylic acid groups (broad SMARTS) is 1. The van der Waals surface area contributed by atoms with Crippen LogP contribution in [0, 0.1) is 26.6 Å². The van der Waals surface area contributed by atoms with E-state index in [1.54, 1.807) is 24.3 Å². The summed E-state index contributed by atoms with van der Waals surface area (Å²) in [6, 6.07) is 18.3. The van der Waals surface area contributed by atoms with Gasteiger partial charge in [-0.25, -0.2) is 14.8 Å².